The molecule has 0 atom stereocenters. The number of aromatic nitrogens is 2. The van der Waals surface area contributed by atoms with Gasteiger partial charge in [-0.25, -0.2) is 0 Å². The van der Waals surface area contributed by atoms with Crippen molar-refractivity contribution in [1.29, 1.82) is 0 Å². The number of nitrogens with one attached hydrogen (secondary N) is 1. The minimum Gasteiger partial charge on any atom is -0.355 e. The maximum absolute atomic E-state index is 11.4. The van der Waals surface area contributed by atoms with Gasteiger partial charge in [-0.2, -0.15) is 0 Å². The number of carbonyl (C=O) groups is 2. The number of aromatic amines is 1. The van der Waals surface area contributed by atoms with Gasteiger partial charge in [-0.1, -0.05) is 7.43 Å². The lowest BCUT2D eigenvalue weighted by Gasteiger charge is -2.09. The van der Waals surface area contributed by atoms with E-state index in [0.29, 0.717) is 12.8 Å². The number of halogens is 2. The number of Topliss-reactive ketones (excluding diaryl/α,β-unsaturated/α-hetero) is 2. The monoisotopic (exact) mass is 456 g/mol. The van der Waals surface area contributed by atoms with E-state index in [1.54, 1.807) is 6.20 Å². The molecular formula is C18H22Br2N2O2. The molecule has 130 valence electrons. The fourth-order valence-corrected chi connectivity index (χ4v) is 4.21. The number of hydrogen-bond donors (Lipinski definition) is 1. The summed E-state index contributed by atoms with van der Waals surface area (Å²) in [6, 6.07) is 0. The van der Waals surface area contributed by atoms with Gasteiger partial charge < -0.3 is 9.55 Å². The van der Waals surface area contributed by atoms with Crippen molar-refractivity contribution in [2.45, 2.75) is 46.0 Å². The molecule has 0 fully saturated rings. The number of nitrogens with zero attached hydrogens (tertiary/aromatic N) is 1. The molecule has 0 saturated carbocycles. The number of aryl methyl sites for hydroxylation is 1. The van der Waals surface area contributed by atoms with Crippen LogP contribution < -0.4 is 0 Å². The average molecular weight is 458 g/mol. The first-order valence-corrected chi connectivity index (χ1v) is 9.33. The van der Waals surface area contributed by atoms with Crippen LogP contribution in [0.15, 0.2) is 21.6 Å². The fourth-order valence-electron chi connectivity index (χ4n) is 3.17. The van der Waals surface area contributed by atoms with Gasteiger partial charge in [0.15, 0.2) is 11.6 Å². The molecule has 6 heteroatoms. The summed E-state index contributed by atoms with van der Waals surface area (Å²) in [5.74, 6) is 0.561. The van der Waals surface area contributed by atoms with Crippen molar-refractivity contribution in [3.05, 3.63) is 43.9 Å². The normalized spacial score (nSPS) is 15.8. The van der Waals surface area contributed by atoms with Crippen molar-refractivity contribution in [1.82, 2.24) is 9.55 Å². The SMILES string of the molecule is C.Cn1cc2c(c1Br)CCCC2=O.O=C1CCCc2c1c[nH]c2Br. The molecule has 2 aliphatic carbocycles. The molecule has 2 aromatic rings. The molecule has 0 saturated heterocycles. The summed E-state index contributed by atoms with van der Waals surface area (Å²) in [5.41, 5.74) is 4.13. The smallest absolute Gasteiger partial charge is 0.164 e. The second kappa shape index (κ2) is 7.83. The minimum absolute atomic E-state index is 0. The number of rotatable bonds is 0. The Morgan fingerprint density at radius 3 is 2.12 bits per heavy atom. The summed E-state index contributed by atoms with van der Waals surface area (Å²) in [5, 5.41) is 0. The third-order valence-corrected chi connectivity index (χ3v) is 6.15. The van der Waals surface area contributed by atoms with E-state index in [1.165, 1.54) is 5.56 Å². The van der Waals surface area contributed by atoms with Crippen molar-refractivity contribution in [3.8, 4) is 0 Å². The third-order valence-electron chi connectivity index (χ3n) is 4.40. The van der Waals surface area contributed by atoms with Crippen molar-refractivity contribution < 1.29 is 9.59 Å². The Morgan fingerprint density at radius 1 is 0.958 bits per heavy atom. The first kappa shape index (κ1) is 19.2. The third kappa shape index (κ3) is 3.59. The Labute approximate surface area is 159 Å². The zero-order chi connectivity index (χ0) is 16.6. The number of carbonyl (C=O) groups excluding carboxylic acids is 2. The predicted molar refractivity (Wildman–Crippen MR) is 103 cm³/mol. The summed E-state index contributed by atoms with van der Waals surface area (Å²) in [6.07, 6.45) is 9.16. The molecule has 0 spiro atoms. The van der Waals surface area contributed by atoms with Crippen LogP contribution in [0.25, 0.3) is 0 Å². The summed E-state index contributed by atoms with van der Waals surface area (Å²) in [6.45, 7) is 0. The van der Waals surface area contributed by atoms with Gasteiger partial charge in [-0.05, 0) is 68.7 Å². The summed E-state index contributed by atoms with van der Waals surface area (Å²) < 4.78 is 4.00. The van der Waals surface area contributed by atoms with Crippen LogP contribution in [0.4, 0.5) is 0 Å². The molecule has 0 radical (unpaired) electrons. The Balaban J connectivity index is 0.000000167. The fraction of sp³-hybridized carbons (Fsp3) is 0.444. The van der Waals surface area contributed by atoms with E-state index in [1.807, 2.05) is 17.8 Å². The van der Waals surface area contributed by atoms with E-state index in [9.17, 15) is 9.59 Å². The van der Waals surface area contributed by atoms with Gasteiger partial charge in [0.1, 0.15) is 0 Å². The maximum atomic E-state index is 11.4. The van der Waals surface area contributed by atoms with E-state index in [4.69, 9.17) is 0 Å². The highest BCUT2D eigenvalue weighted by atomic mass is 79.9. The molecule has 1 N–H and O–H groups in total. The highest BCUT2D eigenvalue weighted by Crippen LogP contribution is 2.29. The van der Waals surface area contributed by atoms with Crippen LogP contribution in [-0.4, -0.2) is 21.1 Å². The van der Waals surface area contributed by atoms with E-state index in [0.717, 1.165) is 51.6 Å². The first-order chi connectivity index (χ1) is 11.0. The van der Waals surface area contributed by atoms with Gasteiger partial charge in [0, 0.05) is 43.4 Å². The second-order valence-corrected chi connectivity index (χ2v) is 7.52. The lowest BCUT2D eigenvalue weighted by atomic mass is 9.95. The quantitative estimate of drug-likeness (QED) is 0.588. The molecule has 0 amide bonds. The molecule has 0 aromatic carbocycles. The van der Waals surface area contributed by atoms with E-state index in [-0.39, 0.29) is 19.0 Å². The van der Waals surface area contributed by atoms with Crippen LogP contribution in [0, 0.1) is 0 Å². The molecule has 0 aliphatic heterocycles. The summed E-state index contributed by atoms with van der Waals surface area (Å²) in [4.78, 5) is 25.7. The van der Waals surface area contributed by atoms with E-state index < -0.39 is 0 Å². The highest BCUT2D eigenvalue weighted by molar-refractivity contribution is 9.10. The highest BCUT2D eigenvalue weighted by Gasteiger charge is 2.22. The van der Waals surface area contributed by atoms with Gasteiger partial charge >= 0.3 is 0 Å². The molecular weight excluding hydrogens is 436 g/mol. The van der Waals surface area contributed by atoms with Crippen molar-refractivity contribution in [2.75, 3.05) is 0 Å². The van der Waals surface area contributed by atoms with Crippen molar-refractivity contribution >= 4 is 43.4 Å². The van der Waals surface area contributed by atoms with Crippen LogP contribution in [0.1, 0.15) is 65.0 Å². The van der Waals surface area contributed by atoms with E-state index in [2.05, 4.69) is 36.8 Å². The molecule has 2 aliphatic rings. The number of ketones is 2. The Hall–Kier alpha value is -1.14. The van der Waals surface area contributed by atoms with Gasteiger partial charge in [0.05, 0.1) is 9.21 Å². The molecule has 0 unspecified atom stereocenters. The lowest BCUT2D eigenvalue weighted by molar-refractivity contribution is 0.0964. The maximum Gasteiger partial charge on any atom is 0.164 e. The minimum atomic E-state index is 0. The second-order valence-electron chi connectivity index (χ2n) is 5.97. The van der Waals surface area contributed by atoms with Gasteiger partial charge in [-0.3, -0.25) is 9.59 Å². The number of fused-ring (bicyclic) bond motifs is 2. The topological polar surface area (TPSA) is 54.9 Å². The van der Waals surface area contributed by atoms with Gasteiger partial charge in [0.25, 0.3) is 0 Å². The van der Waals surface area contributed by atoms with Crippen molar-refractivity contribution in [3.63, 3.8) is 0 Å². The predicted octanol–water partition coefficient (Wildman–Crippen LogP) is 5.24. The molecule has 2 heterocycles. The van der Waals surface area contributed by atoms with Crippen LogP contribution in [0.2, 0.25) is 0 Å². The van der Waals surface area contributed by atoms with Gasteiger partial charge in [-0.15, -0.1) is 0 Å². The van der Waals surface area contributed by atoms with E-state index >= 15 is 0 Å². The molecule has 4 rings (SSSR count). The largest absolute Gasteiger partial charge is 0.355 e. The molecule has 4 nitrogen and oxygen atoms in total. The lowest BCUT2D eigenvalue weighted by Crippen LogP contribution is -2.07. The molecule has 24 heavy (non-hydrogen) atoms. The van der Waals surface area contributed by atoms with Crippen LogP contribution in [0.5, 0.6) is 0 Å². The number of hydrogen-bond acceptors (Lipinski definition) is 2. The summed E-state index contributed by atoms with van der Waals surface area (Å²) in [7, 11) is 1.95. The first-order valence-electron chi connectivity index (χ1n) is 7.75. The standard InChI is InChI=1S/C9H10BrNO.C8H8BrNO.CH4/c1-11-5-7-6(9(11)10)3-2-4-8(7)12;9-8-5-2-1-3-7(11)6(5)4-10-8;/h5H,2-4H2,1H3;4,10H,1-3H2;1H4. The van der Waals surface area contributed by atoms with Crippen LogP contribution in [0.3, 0.4) is 0 Å². The Kier molecular flexibility index (Phi) is 6.26. The van der Waals surface area contributed by atoms with Crippen LogP contribution >= 0.6 is 31.9 Å². The van der Waals surface area contributed by atoms with Crippen LogP contribution in [-0.2, 0) is 19.9 Å². The van der Waals surface area contributed by atoms with Crippen molar-refractivity contribution in [2.24, 2.45) is 7.05 Å². The average Bonchev–Trinajstić information content (AvgIpc) is 3.05. The zero-order valence-electron chi connectivity index (χ0n) is 12.9. The Morgan fingerprint density at radius 2 is 1.54 bits per heavy atom. The zero-order valence-corrected chi connectivity index (χ0v) is 16.1. The Bertz CT molecular complexity index is 774. The summed E-state index contributed by atoms with van der Waals surface area (Å²) >= 11 is 6.85. The molecule has 2 aromatic heterocycles. The van der Waals surface area contributed by atoms with Gasteiger partial charge in [0.2, 0.25) is 0 Å². The number of H-pyrrole nitrogens is 1. The molecule has 0 bridgehead atoms.